The zero-order valence-corrected chi connectivity index (χ0v) is 25.1. The van der Waals surface area contributed by atoms with E-state index in [9.17, 15) is 28.4 Å². The number of anilines is 1. The molecule has 244 valence electrons. The molecule has 1 saturated heterocycles. The standard InChI is InChI=1S/C19H21Cl2F2N5O.2C4H4O4/c1-24-17-14(21)9-26-16(27-17)10-25-11-19(23)4-6-28(7-5-19)18(29)12-2-3-15(22)13(20)8-12;2*5-3(6)1-2-4(7)8/h2-3,8-9,25H,4-7,10-11H2,1H3,(H,24,26,27);2*1-2H,(H,5,6)(H,7,8)/b;2*2-1+. The number of carboxylic acid groups (broad SMARTS) is 4. The third-order valence-electron chi connectivity index (χ3n) is 5.61. The number of aliphatic carboxylic acids is 4. The summed E-state index contributed by atoms with van der Waals surface area (Å²) in [4.78, 5) is 60.7. The van der Waals surface area contributed by atoms with Crippen LogP contribution in [0.3, 0.4) is 0 Å². The van der Waals surface area contributed by atoms with Gasteiger partial charge in [0.1, 0.15) is 28.2 Å². The molecule has 14 nitrogen and oxygen atoms in total. The van der Waals surface area contributed by atoms with E-state index in [2.05, 4.69) is 20.6 Å². The Labute approximate surface area is 265 Å². The van der Waals surface area contributed by atoms with Crippen molar-refractivity contribution in [2.75, 3.05) is 32.0 Å². The summed E-state index contributed by atoms with van der Waals surface area (Å²) >= 11 is 11.7. The predicted molar refractivity (Wildman–Crippen MR) is 158 cm³/mol. The molecule has 0 bridgehead atoms. The molecule has 3 rings (SSSR count). The predicted octanol–water partition coefficient (Wildman–Crippen LogP) is 3.12. The van der Waals surface area contributed by atoms with Gasteiger partial charge in [0.25, 0.3) is 5.91 Å². The highest BCUT2D eigenvalue weighted by Gasteiger charge is 2.36. The first-order chi connectivity index (χ1) is 21.1. The average Bonchev–Trinajstić information content (AvgIpc) is 2.98. The number of rotatable bonds is 10. The fourth-order valence-corrected chi connectivity index (χ4v) is 3.81. The molecule has 0 unspecified atom stereocenters. The van der Waals surface area contributed by atoms with E-state index in [4.69, 9.17) is 43.6 Å². The van der Waals surface area contributed by atoms with Crippen LogP contribution in [0.1, 0.15) is 29.0 Å². The van der Waals surface area contributed by atoms with Gasteiger partial charge < -0.3 is 36.0 Å². The maximum absolute atomic E-state index is 15.1. The minimum Gasteiger partial charge on any atom is -0.478 e. The summed E-state index contributed by atoms with van der Waals surface area (Å²) in [6.07, 6.45) is 4.12. The van der Waals surface area contributed by atoms with Crippen LogP contribution in [0.5, 0.6) is 0 Å². The molecule has 0 atom stereocenters. The molecule has 1 aliphatic heterocycles. The summed E-state index contributed by atoms with van der Waals surface area (Å²) in [5.41, 5.74) is -1.14. The number of likely N-dealkylation sites (tertiary alicyclic amines) is 1. The maximum atomic E-state index is 15.1. The fourth-order valence-electron chi connectivity index (χ4n) is 3.45. The van der Waals surface area contributed by atoms with Crippen molar-refractivity contribution in [1.29, 1.82) is 0 Å². The number of carbonyl (C=O) groups is 5. The van der Waals surface area contributed by atoms with Crippen molar-refractivity contribution in [3.63, 3.8) is 0 Å². The minimum absolute atomic E-state index is 0.109. The Morgan fingerprint density at radius 3 is 1.89 bits per heavy atom. The molecular formula is C27H29Cl2F2N5O9. The molecule has 1 aliphatic rings. The number of hydrogen-bond acceptors (Lipinski definition) is 9. The molecule has 1 amide bonds. The van der Waals surface area contributed by atoms with Gasteiger partial charge in [0.2, 0.25) is 0 Å². The Balaban J connectivity index is 0.000000521. The van der Waals surface area contributed by atoms with E-state index in [0.29, 0.717) is 53.1 Å². The zero-order chi connectivity index (χ0) is 34.2. The number of alkyl halides is 1. The van der Waals surface area contributed by atoms with E-state index in [1.807, 2.05) is 0 Å². The second kappa shape index (κ2) is 18.9. The van der Waals surface area contributed by atoms with Crippen LogP contribution < -0.4 is 10.6 Å². The van der Waals surface area contributed by atoms with E-state index < -0.39 is 35.4 Å². The number of benzene rings is 1. The average molecular weight is 676 g/mol. The summed E-state index contributed by atoms with van der Waals surface area (Å²) in [5.74, 6) is -4.87. The highest BCUT2D eigenvalue weighted by atomic mass is 35.5. The van der Waals surface area contributed by atoms with Gasteiger partial charge >= 0.3 is 23.9 Å². The Bertz CT molecular complexity index is 1370. The van der Waals surface area contributed by atoms with Crippen LogP contribution in [0.25, 0.3) is 0 Å². The molecular weight excluding hydrogens is 647 g/mol. The molecule has 0 saturated carbocycles. The lowest BCUT2D eigenvalue weighted by Gasteiger charge is -2.36. The van der Waals surface area contributed by atoms with Crippen LogP contribution in [0.15, 0.2) is 48.7 Å². The van der Waals surface area contributed by atoms with Crippen LogP contribution >= 0.6 is 23.2 Å². The topological polar surface area (TPSA) is 219 Å². The van der Waals surface area contributed by atoms with Gasteiger partial charge in [-0.05, 0) is 18.2 Å². The molecule has 2 aromatic rings. The zero-order valence-electron chi connectivity index (χ0n) is 23.5. The summed E-state index contributed by atoms with van der Waals surface area (Å²) < 4.78 is 28.4. The van der Waals surface area contributed by atoms with Crippen molar-refractivity contribution >= 4 is 58.8 Å². The monoisotopic (exact) mass is 675 g/mol. The second-order valence-electron chi connectivity index (χ2n) is 8.93. The Morgan fingerprint density at radius 1 is 0.933 bits per heavy atom. The fraction of sp³-hybridized carbons (Fsp3) is 0.296. The SMILES string of the molecule is CNc1nc(CNCC2(F)CCN(C(=O)c3ccc(F)c(Cl)c3)CC2)ncc1Cl.O=C(O)/C=C/C(=O)O.O=C(O)/C=C/C(=O)O. The third kappa shape index (κ3) is 15.1. The first-order valence-corrected chi connectivity index (χ1v) is 13.4. The summed E-state index contributed by atoms with van der Waals surface area (Å²) in [5, 5.41) is 37.5. The number of piperidine rings is 1. The number of carbonyl (C=O) groups excluding carboxylic acids is 1. The van der Waals surface area contributed by atoms with E-state index in [-0.39, 0.29) is 43.4 Å². The minimum atomic E-state index is -1.44. The molecule has 1 aromatic carbocycles. The normalized spacial score (nSPS) is 13.7. The van der Waals surface area contributed by atoms with Crippen molar-refractivity contribution in [3.05, 3.63) is 76.0 Å². The second-order valence-corrected chi connectivity index (χ2v) is 9.74. The van der Waals surface area contributed by atoms with Crippen LogP contribution in [0, 0.1) is 5.82 Å². The number of nitrogens with zero attached hydrogens (tertiary/aromatic N) is 3. The van der Waals surface area contributed by atoms with Gasteiger partial charge in [0, 0.05) is 69.4 Å². The molecule has 18 heteroatoms. The van der Waals surface area contributed by atoms with Crippen molar-refractivity contribution < 1.29 is 53.2 Å². The van der Waals surface area contributed by atoms with E-state index in [0.717, 1.165) is 6.07 Å². The van der Waals surface area contributed by atoms with Crippen molar-refractivity contribution in [3.8, 4) is 0 Å². The molecule has 1 fully saturated rings. The Hall–Kier alpha value is -4.67. The van der Waals surface area contributed by atoms with Gasteiger partial charge in [-0.15, -0.1) is 0 Å². The van der Waals surface area contributed by atoms with Crippen molar-refractivity contribution in [1.82, 2.24) is 20.2 Å². The van der Waals surface area contributed by atoms with Crippen LogP contribution in [-0.4, -0.2) is 97.4 Å². The van der Waals surface area contributed by atoms with Crippen LogP contribution in [0.4, 0.5) is 14.6 Å². The molecule has 0 aliphatic carbocycles. The van der Waals surface area contributed by atoms with Crippen molar-refractivity contribution in [2.45, 2.75) is 25.1 Å². The quantitative estimate of drug-likeness (QED) is 0.200. The first kappa shape index (κ1) is 38.4. The van der Waals surface area contributed by atoms with Gasteiger partial charge in [-0.3, -0.25) is 4.79 Å². The maximum Gasteiger partial charge on any atom is 0.328 e. The Kier molecular flexibility index (Phi) is 16.1. The summed E-state index contributed by atoms with van der Waals surface area (Å²) in [6, 6.07) is 3.83. The third-order valence-corrected chi connectivity index (χ3v) is 6.17. The lowest BCUT2D eigenvalue weighted by molar-refractivity contribution is -0.134. The molecule has 6 N–H and O–H groups in total. The van der Waals surface area contributed by atoms with Gasteiger partial charge in [-0.25, -0.2) is 37.9 Å². The largest absolute Gasteiger partial charge is 0.478 e. The highest BCUT2D eigenvalue weighted by molar-refractivity contribution is 6.32. The van der Waals surface area contributed by atoms with Gasteiger partial charge in [-0.1, -0.05) is 23.2 Å². The van der Waals surface area contributed by atoms with Crippen molar-refractivity contribution in [2.24, 2.45) is 0 Å². The molecule has 0 spiro atoms. The van der Waals surface area contributed by atoms with Gasteiger partial charge in [0.15, 0.2) is 0 Å². The molecule has 0 radical (unpaired) electrons. The smallest absolute Gasteiger partial charge is 0.328 e. The summed E-state index contributed by atoms with van der Waals surface area (Å²) in [6.45, 7) is 0.966. The number of amides is 1. The number of aromatic nitrogens is 2. The highest BCUT2D eigenvalue weighted by Crippen LogP contribution is 2.27. The van der Waals surface area contributed by atoms with E-state index in [1.165, 1.54) is 18.3 Å². The van der Waals surface area contributed by atoms with Crippen LogP contribution in [0.2, 0.25) is 10.0 Å². The summed E-state index contributed by atoms with van der Waals surface area (Å²) in [7, 11) is 1.71. The number of nitrogens with one attached hydrogen (secondary N) is 2. The first-order valence-electron chi connectivity index (χ1n) is 12.7. The Morgan fingerprint density at radius 2 is 1.44 bits per heavy atom. The number of halogens is 4. The van der Waals surface area contributed by atoms with E-state index in [1.54, 1.807) is 11.9 Å². The molecule has 1 aromatic heterocycles. The molecule has 45 heavy (non-hydrogen) atoms. The van der Waals surface area contributed by atoms with Gasteiger partial charge in [0.05, 0.1) is 17.8 Å². The number of hydrogen-bond donors (Lipinski definition) is 6. The lowest BCUT2D eigenvalue weighted by atomic mass is 9.92. The van der Waals surface area contributed by atoms with Gasteiger partial charge in [-0.2, -0.15) is 0 Å². The van der Waals surface area contributed by atoms with Crippen LogP contribution in [-0.2, 0) is 25.7 Å². The van der Waals surface area contributed by atoms with E-state index >= 15 is 4.39 Å². The lowest BCUT2D eigenvalue weighted by Crippen LogP contribution is -2.48. The molecule has 2 heterocycles. The number of carboxylic acids is 4.